The Morgan fingerprint density at radius 2 is 2.05 bits per heavy atom. The highest BCUT2D eigenvalue weighted by Crippen LogP contribution is 2.31. The summed E-state index contributed by atoms with van der Waals surface area (Å²) in [6, 6.07) is 4.78. The molecule has 0 bridgehead atoms. The summed E-state index contributed by atoms with van der Waals surface area (Å²) in [4.78, 5) is 14.1. The molecule has 1 fully saturated rings. The molecule has 7 heteroatoms. The maximum Gasteiger partial charge on any atom is 0.255 e. The molecule has 0 spiro atoms. The van der Waals surface area contributed by atoms with Crippen molar-refractivity contribution in [3.05, 3.63) is 33.3 Å². The van der Waals surface area contributed by atoms with Gasteiger partial charge in [0.1, 0.15) is 0 Å². The minimum Gasteiger partial charge on any atom is -0.337 e. The van der Waals surface area contributed by atoms with Crippen LogP contribution in [0.25, 0.3) is 0 Å². The fourth-order valence-corrected chi connectivity index (χ4v) is 4.89. The van der Waals surface area contributed by atoms with Crippen molar-refractivity contribution in [2.24, 2.45) is 0 Å². The molecule has 1 aromatic rings. The number of carbonyl (C=O) groups is 1. The van der Waals surface area contributed by atoms with E-state index in [2.05, 4.69) is 15.9 Å². The van der Waals surface area contributed by atoms with E-state index in [0.29, 0.717) is 23.4 Å². The fraction of sp³-hybridized carbons (Fsp3) is 0.500. The molecule has 0 aliphatic heterocycles. The zero-order valence-corrected chi connectivity index (χ0v) is 15.0. The van der Waals surface area contributed by atoms with Gasteiger partial charge in [-0.25, -0.2) is 8.42 Å². The largest absolute Gasteiger partial charge is 0.337 e. The number of sulfone groups is 1. The second kappa shape index (κ2) is 6.26. The van der Waals surface area contributed by atoms with Crippen LogP contribution in [0, 0.1) is 0 Å². The average Bonchev–Trinajstić information content (AvgIpc) is 2.89. The van der Waals surface area contributed by atoms with Gasteiger partial charge < -0.3 is 4.90 Å². The Morgan fingerprint density at radius 3 is 2.67 bits per heavy atom. The average molecular weight is 395 g/mol. The van der Waals surface area contributed by atoms with Gasteiger partial charge in [-0.2, -0.15) is 0 Å². The quantitative estimate of drug-likeness (QED) is 0.791. The molecule has 1 aliphatic carbocycles. The van der Waals surface area contributed by atoms with Crippen LogP contribution in [0.15, 0.2) is 22.7 Å². The zero-order chi connectivity index (χ0) is 15.8. The molecule has 0 saturated heterocycles. The summed E-state index contributed by atoms with van der Waals surface area (Å²) in [5.41, 5.74) is 0.382. The summed E-state index contributed by atoms with van der Waals surface area (Å²) in [6.45, 7) is 0. The van der Waals surface area contributed by atoms with Gasteiger partial charge in [-0.15, -0.1) is 0 Å². The van der Waals surface area contributed by atoms with Crippen molar-refractivity contribution >= 4 is 43.3 Å². The number of rotatable bonds is 3. The topological polar surface area (TPSA) is 54.5 Å². The smallest absolute Gasteiger partial charge is 0.255 e. The van der Waals surface area contributed by atoms with Gasteiger partial charge in [-0.1, -0.05) is 27.5 Å². The summed E-state index contributed by atoms with van der Waals surface area (Å²) >= 11 is 9.40. The summed E-state index contributed by atoms with van der Waals surface area (Å²) < 4.78 is 24.5. The number of carbonyl (C=O) groups excluding carboxylic acids is 1. The third kappa shape index (κ3) is 3.60. The Morgan fingerprint density at radius 1 is 1.38 bits per heavy atom. The van der Waals surface area contributed by atoms with E-state index in [0.717, 1.165) is 10.9 Å². The molecular weight excluding hydrogens is 378 g/mol. The monoisotopic (exact) mass is 393 g/mol. The second-order valence-corrected chi connectivity index (χ2v) is 8.99. The third-order valence-corrected chi connectivity index (χ3v) is 6.42. The number of benzene rings is 1. The summed E-state index contributed by atoms with van der Waals surface area (Å²) in [7, 11) is -1.52. The number of amides is 1. The van der Waals surface area contributed by atoms with Crippen LogP contribution >= 0.6 is 27.5 Å². The van der Waals surface area contributed by atoms with E-state index in [1.54, 1.807) is 25.2 Å². The van der Waals surface area contributed by atoms with Gasteiger partial charge >= 0.3 is 0 Å². The number of hydrogen-bond donors (Lipinski definition) is 0. The molecule has 0 heterocycles. The van der Waals surface area contributed by atoms with Crippen molar-refractivity contribution in [3.63, 3.8) is 0 Å². The molecule has 0 N–H and O–H groups in total. The first-order valence-electron chi connectivity index (χ1n) is 6.63. The highest BCUT2D eigenvalue weighted by Gasteiger charge is 2.39. The second-order valence-electron chi connectivity index (χ2n) is 5.41. The van der Waals surface area contributed by atoms with E-state index in [4.69, 9.17) is 11.6 Å². The normalized spacial score (nSPS) is 22.3. The molecule has 0 aromatic heterocycles. The summed E-state index contributed by atoms with van der Waals surface area (Å²) in [5.74, 6) is -0.248. The molecular formula is C14H17BrClNO3S. The highest BCUT2D eigenvalue weighted by atomic mass is 79.9. The lowest BCUT2D eigenvalue weighted by atomic mass is 10.1. The van der Waals surface area contributed by atoms with Gasteiger partial charge in [-0.3, -0.25) is 4.79 Å². The Kier molecular flexibility index (Phi) is 5.00. The minimum absolute atomic E-state index is 0.248. The van der Waals surface area contributed by atoms with Gasteiger partial charge in [0.2, 0.25) is 0 Å². The predicted molar refractivity (Wildman–Crippen MR) is 87.5 cm³/mol. The molecule has 2 rings (SSSR count). The predicted octanol–water partition coefficient (Wildman–Crippen LogP) is 3.14. The van der Waals surface area contributed by atoms with E-state index >= 15 is 0 Å². The van der Waals surface area contributed by atoms with Crippen molar-refractivity contribution in [2.75, 3.05) is 13.3 Å². The Labute approximate surface area is 138 Å². The van der Waals surface area contributed by atoms with Crippen LogP contribution in [0.3, 0.4) is 0 Å². The third-order valence-electron chi connectivity index (χ3n) is 3.94. The van der Waals surface area contributed by atoms with E-state index in [1.165, 1.54) is 11.2 Å². The van der Waals surface area contributed by atoms with Gasteiger partial charge in [0.05, 0.1) is 15.8 Å². The molecule has 1 amide bonds. The highest BCUT2D eigenvalue weighted by molar-refractivity contribution is 9.10. The molecule has 4 nitrogen and oxygen atoms in total. The standard InChI is InChI=1S/C14H17BrClNO3S/c1-17(12-4-3-5-13(12)21(2,19)20)14(18)10-8-9(15)6-7-11(10)16/h6-8,12-13H,3-5H2,1-2H3/t12-,13+/m0/s1. The molecule has 21 heavy (non-hydrogen) atoms. The lowest BCUT2D eigenvalue weighted by molar-refractivity contribution is 0.0737. The molecule has 1 aliphatic rings. The number of halogens is 2. The van der Waals surface area contributed by atoms with E-state index in [9.17, 15) is 13.2 Å². The first-order chi connectivity index (χ1) is 9.71. The van der Waals surface area contributed by atoms with Gasteiger partial charge in [0.15, 0.2) is 9.84 Å². The van der Waals surface area contributed by atoms with Crippen molar-refractivity contribution < 1.29 is 13.2 Å². The molecule has 0 radical (unpaired) electrons. The first kappa shape index (κ1) is 16.8. The minimum atomic E-state index is -3.17. The molecule has 1 saturated carbocycles. The van der Waals surface area contributed by atoms with Crippen molar-refractivity contribution in [1.29, 1.82) is 0 Å². The maximum absolute atomic E-state index is 12.6. The number of hydrogen-bond acceptors (Lipinski definition) is 3. The Balaban J connectivity index is 2.29. The lowest BCUT2D eigenvalue weighted by Crippen LogP contribution is -2.44. The van der Waals surface area contributed by atoms with Crippen LogP contribution < -0.4 is 0 Å². The molecule has 1 aromatic carbocycles. The van der Waals surface area contributed by atoms with Gasteiger partial charge in [-0.05, 0) is 37.5 Å². The molecule has 116 valence electrons. The lowest BCUT2D eigenvalue weighted by Gasteiger charge is -2.29. The zero-order valence-electron chi connectivity index (χ0n) is 11.8. The first-order valence-corrected chi connectivity index (χ1v) is 9.75. The van der Waals surface area contributed by atoms with Crippen molar-refractivity contribution in [1.82, 2.24) is 4.90 Å². The van der Waals surface area contributed by atoms with Crippen LogP contribution in [-0.2, 0) is 9.84 Å². The van der Waals surface area contributed by atoms with Gasteiger partial charge in [0.25, 0.3) is 5.91 Å². The van der Waals surface area contributed by atoms with Gasteiger partial charge in [0, 0.05) is 23.8 Å². The van der Waals surface area contributed by atoms with E-state index < -0.39 is 15.1 Å². The van der Waals surface area contributed by atoms with Crippen LogP contribution in [0.1, 0.15) is 29.6 Å². The van der Waals surface area contributed by atoms with Crippen LogP contribution in [0.2, 0.25) is 5.02 Å². The van der Waals surface area contributed by atoms with E-state index in [-0.39, 0.29) is 11.9 Å². The molecule has 2 atom stereocenters. The van der Waals surface area contributed by atoms with Crippen LogP contribution in [0.5, 0.6) is 0 Å². The van der Waals surface area contributed by atoms with E-state index in [1.807, 2.05) is 0 Å². The summed E-state index contributed by atoms with van der Waals surface area (Å²) in [6.07, 6.45) is 3.35. The van der Waals surface area contributed by atoms with Crippen molar-refractivity contribution in [2.45, 2.75) is 30.6 Å². The van der Waals surface area contributed by atoms with Crippen LogP contribution in [-0.4, -0.2) is 43.8 Å². The SMILES string of the molecule is CN(C(=O)c1cc(Br)ccc1Cl)[C@H]1CCC[C@H]1S(C)(=O)=O. The van der Waals surface area contributed by atoms with Crippen molar-refractivity contribution in [3.8, 4) is 0 Å². The molecule has 0 unspecified atom stereocenters. The fourth-order valence-electron chi connectivity index (χ4n) is 2.85. The maximum atomic E-state index is 12.6. The number of nitrogens with zero attached hydrogens (tertiary/aromatic N) is 1. The van der Waals surface area contributed by atoms with Crippen LogP contribution in [0.4, 0.5) is 0 Å². The summed E-state index contributed by atoms with van der Waals surface area (Å²) in [5, 5.41) is -0.124. The Hall–Kier alpha value is -0.590. The Bertz CT molecular complexity index is 662.